The van der Waals surface area contributed by atoms with Gasteiger partial charge in [0, 0.05) is 37.7 Å². The molecule has 0 aliphatic rings. The van der Waals surface area contributed by atoms with Crippen molar-refractivity contribution in [1.82, 2.24) is 15.1 Å². The van der Waals surface area contributed by atoms with E-state index in [0.717, 1.165) is 17.7 Å². The number of nitrogens with zero attached hydrogens (tertiary/aromatic N) is 2. The van der Waals surface area contributed by atoms with Crippen molar-refractivity contribution in [2.75, 3.05) is 18.1 Å². The minimum atomic E-state index is -2.88. The van der Waals surface area contributed by atoms with E-state index in [1.165, 1.54) is 0 Å². The summed E-state index contributed by atoms with van der Waals surface area (Å²) in [7, 11) is -0.983. The van der Waals surface area contributed by atoms with Gasteiger partial charge in [-0.15, -0.1) is 0 Å². The standard InChI is InChI=1S/C12H23N3O2S/c1-4-7-18(16,17)8-6-13-9-11-10-15(3)14-12(11)5-2/h10,13H,4-9H2,1-3H3. The number of rotatable bonds is 8. The molecule has 6 heteroatoms. The zero-order valence-electron chi connectivity index (χ0n) is 11.4. The van der Waals surface area contributed by atoms with E-state index >= 15 is 0 Å². The second-order valence-electron chi connectivity index (χ2n) is 4.46. The zero-order valence-corrected chi connectivity index (χ0v) is 12.3. The van der Waals surface area contributed by atoms with Gasteiger partial charge in [0.1, 0.15) is 0 Å². The van der Waals surface area contributed by atoms with Crippen LogP contribution in [0.2, 0.25) is 0 Å². The Morgan fingerprint density at radius 3 is 2.67 bits per heavy atom. The summed E-state index contributed by atoms with van der Waals surface area (Å²) in [6.07, 6.45) is 3.56. The summed E-state index contributed by atoms with van der Waals surface area (Å²) in [4.78, 5) is 0. The lowest BCUT2D eigenvalue weighted by Crippen LogP contribution is -2.24. The molecule has 0 unspecified atom stereocenters. The Hall–Kier alpha value is -0.880. The average Bonchev–Trinajstić information content (AvgIpc) is 2.65. The van der Waals surface area contributed by atoms with Gasteiger partial charge in [0.15, 0.2) is 9.84 Å². The first kappa shape index (κ1) is 15.2. The fourth-order valence-corrected chi connectivity index (χ4v) is 3.17. The number of hydrogen-bond donors (Lipinski definition) is 1. The normalized spacial score (nSPS) is 11.9. The molecule has 0 saturated heterocycles. The van der Waals surface area contributed by atoms with Gasteiger partial charge in [0.2, 0.25) is 0 Å². The maximum absolute atomic E-state index is 11.5. The van der Waals surface area contributed by atoms with Crippen LogP contribution < -0.4 is 5.32 Å². The molecular weight excluding hydrogens is 250 g/mol. The second-order valence-corrected chi connectivity index (χ2v) is 6.76. The highest BCUT2D eigenvalue weighted by atomic mass is 32.2. The van der Waals surface area contributed by atoms with Crippen LogP contribution in [0, 0.1) is 0 Å². The molecule has 0 fully saturated rings. The molecular formula is C12H23N3O2S. The Balaban J connectivity index is 2.38. The van der Waals surface area contributed by atoms with E-state index in [9.17, 15) is 8.42 Å². The SMILES string of the molecule is CCCS(=O)(=O)CCNCc1cn(C)nc1CC. The smallest absolute Gasteiger partial charge is 0.151 e. The van der Waals surface area contributed by atoms with Gasteiger partial charge in [-0.3, -0.25) is 4.68 Å². The van der Waals surface area contributed by atoms with E-state index in [4.69, 9.17) is 0 Å². The van der Waals surface area contributed by atoms with Gasteiger partial charge in [0.25, 0.3) is 0 Å². The van der Waals surface area contributed by atoms with E-state index in [1.54, 1.807) is 4.68 Å². The molecule has 1 rings (SSSR count). The predicted octanol–water partition coefficient (Wildman–Crippen LogP) is 0.897. The highest BCUT2D eigenvalue weighted by molar-refractivity contribution is 7.91. The molecule has 0 aliphatic carbocycles. The van der Waals surface area contributed by atoms with Crippen LogP contribution in [-0.2, 0) is 29.9 Å². The molecule has 0 aliphatic heterocycles. The monoisotopic (exact) mass is 273 g/mol. The van der Waals surface area contributed by atoms with E-state index in [1.807, 2.05) is 20.2 Å². The lowest BCUT2D eigenvalue weighted by atomic mass is 10.2. The van der Waals surface area contributed by atoms with Gasteiger partial charge in [-0.1, -0.05) is 13.8 Å². The van der Waals surface area contributed by atoms with Gasteiger partial charge in [-0.05, 0) is 12.8 Å². The van der Waals surface area contributed by atoms with E-state index in [-0.39, 0.29) is 11.5 Å². The van der Waals surface area contributed by atoms with Crippen LogP contribution >= 0.6 is 0 Å². The van der Waals surface area contributed by atoms with Crippen molar-refractivity contribution in [2.24, 2.45) is 7.05 Å². The van der Waals surface area contributed by atoms with Crippen molar-refractivity contribution in [3.05, 3.63) is 17.5 Å². The maximum atomic E-state index is 11.5. The maximum Gasteiger partial charge on any atom is 0.151 e. The summed E-state index contributed by atoms with van der Waals surface area (Å²) < 4.78 is 24.8. The van der Waals surface area contributed by atoms with Gasteiger partial charge < -0.3 is 5.32 Å². The van der Waals surface area contributed by atoms with Crippen LogP contribution in [0.5, 0.6) is 0 Å². The Kier molecular flexibility index (Phi) is 5.81. The predicted molar refractivity (Wildman–Crippen MR) is 73.2 cm³/mol. The summed E-state index contributed by atoms with van der Waals surface area (Å²) >= 11 is 0. The molecule has 0 saturated carbocycles. The van der Waals surface area contributed by atoms with Crippen molar-refractivity contribution < 1.29 is 8.42 Å². The Bertz CT molecular complexity index is 466. The van der Waals surface area contributed by atoms with Crippen LogP contribution in [0.4, 0.5) is 0 Å². The van der Waals surface area contributed by atoms with Crippen LogP contribution in [0.3, 0.4) is 0 Å². The number of aryl methyl sites for hydroxylation is 2. The minimum Gasteiger partial charge on any atom is -0.312 e. The van der Waals surface area contributed by atoms with E-state index in [2.05, 4.69) is 17.3 Å². The van der Waals surface area contributed by atoms with Crippen molar-refractivity contribution in [3.63, 3.8) is 0 Å². The van der Waals surface area contributed by atoms with Crippen molar-refractivity contribution in [1.29, 1.82) is 0 Å². The lowest BCUT2D eigenvalue weighted by Gasteiger charge is -2.05. The summed E-state index contributed by atoms with van der Waals surface area (Å²) in [5.41, 5.74) is 2.22. The number of nitrogens with one attached hydrogen (secondary N) is 1. The number of aromatic nitrogens is 2. The molecule has 1 N–H and O–H groups in total. The topological polar surface area (TPSA) is 64.0 Å². The molecule has 0 aromatic carbocycles. The third-order valence-electron chi connectivity index (χ3n) is 2.75. The Labute approximate surface area is 109 Å². The highest BCUT2D eigenvalue weighted by Crippen LogP contribution is 2.06. The molecule has 18 heavy (non-hydrogen) atoms. The third kappa shape index (κ3) is 4.78. The van der Waals surface area contributed by atoms with Crippen LogP contribution in [0.15, 0.2) is 6.20 Å². The molecule has 1 heterocycles. The Morgan fingerprint density at radius 1 is 1.33 bits per heavy atom. The van der Waals surface area contributed by atoms with Crippen LogP contribution in [-0.4, -0.2) is 36.2 Å². The minimum absolute atomic E-state index is 0.211. The van der Waals surface area contributed by atoms with Crippen LogP contribution in [0.1, 0.15) is 31.5 Å². The van der Waals surface area contributed by atoms with E-state index in [0.29, 0.717) is 19.5 Å². The quantitative estimate of drug-likeness (QED) is 0.715. The van der Waals surface area contributed by atoms with Crippen molar-refractivity contribution in [3.8, 4) is 0 Å². The lowest BCUT2D eigenvalue weighted by molar-refractivity contribution is 0.589. The zero-order chi connectivity index (χ0) is 13.6. The molecule has 1 aromatic heterocycles. The fraction of sp³-hybridized carbons (Fsp3) is 0.750. The van der Waals surface area contributed by atoms with Gasteiger partial charge in [-0.2, -0.15) is 5.10 Å². The van der Waals surface area contributed by atoms with E-state index < -0.39 is 9.84 Å². The van der Waals surface area contributed by atoms with Gasteiger partial charge >= 0.3 is 0 Å². The molecule has 0 atom stereocenters. The summed E-state index contributed by atoms with van der Waals surface area (Å²) in [5, 5.41) is 7.52. The first-order valence-corrected chi connectivity index (χ1v) is 8.23. The van der Waals surface area contributed by atoms with Crippen molar-refractivity contribution in [2.45, 2.75) is 33.2 Å². The third-order valence-corrected chi connectivity index (χ3v) is 4.60. The first-order valence-electron chi connectivity index (χ1n) is 6.41. The molecule has 0 spiro atoms. The first-order chi connectivity index (χ1) is 8.48. The molecule has 0 bridgehead atoms. The molecule has 0 radical (unpaired) electrons. The van der Waals surface area contributed by atoms with Crippen molar-refractivity contribution >= 4 is 9.84 Å². The number of sulfone groups is 1. The molecule has 1 aromatic rings. The fourth-order valence-electron chi connectivity index (χ4n) is 1.89. The molecule has 0 amide bonds. The van der Waals surface area contributed by atoms with Crippen LogP contribution in [0.25, 0.3) is 0 Å². The number of hydrogen-bond acceptors (Lipinski definition) is 4. The highest BCUT2D eigenvalue weighted by Gasteiger charge is 2.09. The molecule has 5 nitrogen and oxygen atoms in total. The largest absolute Gasteiger partial charge is 0.312 e. The van der Waals surface area contributed by atoms with Gasteiger partial charge in [0.05, 0.1) is 11.4 Å². The molecule has 104 valence electrons. The summed E-state index contributed by atoms with van der Waals surface area (Å²) in [6.45, 7) is 5.13. The Morgan fingerprint density at radius 2 is 2.06 bits per heavy atom. The average molecular weight is 273 g/mol. The second kappa shape index (κ2) is 6.89. The van der Waals surface area contributed by atoms with Gasteiger partial charge in [-0.25, -0.2) is 8.42 Å². The summed E-state index contributed by atoms with van der Waals surface area (Å²) in [6, 6.07) is 0. The summed E-state index contributed by atoms with van der Waals surface area (Å²) in [5.74, 6) is 0.490.